The lowest BCUT2D eigenvalue weighted by atomic mass is 9.66. The highest BCUT2D eigenvalue weighted by Crippen LogP contribution is 2.60. The molecule has 8 nitrogen and oxygen atoms in total. The maximum atomic E-state index is 11.6. The summed E-state index contributed by atoms with van der Waals surface area (Å²) in [5, 5.41) is 29.5. The van der Waals surface area contributed by atoms with Gasteiger partial charge in [0.05, 0.1) is 5.41 Å². The van der Waals surface area contributed by atoms with Gasteiger partial charge in [0.2, 0.25) is 0 Å². The fraction of sp³-hybridized carbons (Fsp3) is 0.170. The van der Waals surface area contributed by atoms with E-state index in [1.165, 1.54) is 38.4 Å². The molecular weight excluding hydrogens is 765 g/mol. The van der Waals surface area contributed by atoms with Gasteiger partial charge in [0.15, 0.2) is 0 Å². The molecule has 0 amide bonds. The maximum absolute atomic E-state index is 11.6. The van der Waals surface area contributed by atoms with Gasteiger partial charge in [0, 0.05) is 12.5 Å². The predicted octanol–water partition coefficient (Wildman–Crippen LogP) is 9.82. The molecule has 0 saturated heterocycles. The van der Waals surface area contributed by atoms with Crippen LogP contribution in [0.5, 0.6) is 11.5 Å². The topological polar surface area (TPSA) is 112 Å². The Hall–Kier alpha value is -7.00. The molecule has 61 heavy (non-hydrogen) atoms. The predicted molar refractivity (Wildman–Crippen MR) is 239 cm³/mol. The van der Waals surface area contributed by atoms with E-state index in [4.69, 9.17) is 18.9 Å². The van der Waals surface area contributed by atoms with Gasteiger partial charge < -0.3 is 29.2 Å². The van der Waals surface area contributed by atoms with Crippen molar-refractivity contribution in [3.63, 3.8) is 0 Å². The van der Waals surface area contributed by atoms with Gasteiger partial charge in [0.25, 0.3) is 0 Å². The minimum atomic E-state index is -0.993. The third-order valence-electron chi connectivity index (χ3n) is 11.6. The molecule has 0 bridgehead atoms. The number of hydrogen-bond acceptors (Lipinski definition) is 8. The third kappa shape index (κ3) is 7.34. The van der Waals surface area contributed by atoms with Gasteiger partial charge in [-0.3, -0.25) is 4.79 Å². The van der Waals surface area contributed by atoms with E-state index < -0.39 is 23.6 Å². The van der Waals surface area contributed by atoms with E-state index in [2.05, 4.69) is 116 Å². The lowest BCUT2D eigenvalue weighted by molar-refractivity contribution is -0.146. The Balaban J connectivity index is 1.18. The molecule has 0 heterocycles. The van der Waals surface area contributed by atoms with Crippen LogP contribution in [-0.2, 0) is 24.5 Å². The first-order valence-electron chi connectivity index (χ1n) is 20.5. The standard InChI is InChI=1S/C53H44O8/c1-3-49(56)60-31-41(54)29-58-43-21-15-35-25-39(19-13-37(35)27-43)53(40-20-14-38-28-44(22-16-36(38)26-40)59-30-42(55)32-61-50(57)4-2)48-24-18-33-9-5-7-11-45(33)51(48)47-23-17-34-10-6-8-12-46(34)52(47)53/h3,5-28,41-42,54-55H,1,4,29-32H2,2H3. The Morgan fingerprint density at radius 1 is 0.590 bits per heavy atom. The van der Waals surface area contributed by atoms with Crippen LogP contribution in [0.1, 0.15) is 35.6 Å². The summed E-state index contributed by atoms with van der Waals surface area (Å²) in [6.07, 6.45) is -0.638. The highest BCUT2D eigenvalue weighted by molar-refractivity contribution is 6.09. The molecule has 8 aromatic rings. The van der Waals surface area contributed by atoms with Crippen LogP contribution >= 0.6 is 0 Å². The Kier molecular flexibility index (Phi) is 10.7. The molecule has 304 valence electrons. The number of ether oxygens (including phenoxy) is 4. The van der Waals surface area contributed by atoms with Gasteiger partial charge in [-0.2, -0.15) is 0 Å². The third-order valence-corrected chi connectivity index (χ3v) is 11.6. The average molecular weight is 809 g/mol. The summed E-state index contributed by atoms with van der Waals surface area (Å²) >= 11 is 0. The summed E-state index contributed by atoms with van der Waals surface area (Å²) in [6, 6.07) is 51.3. The molecule has 0 aliphatic heterocycles. The summed E-state index contributed by atoms with van der Waals surface area (Å²) in [5.41, 5.74) is 6.30. The van der Waals surface area contributed by atoms with Crippen LogP contribution in [0.15, 0.2) is 158 Å². The fourth-order valence-electron chi connectivity index (χ4n) is 8.76. The van der Waals surface area contributed by atoms with Crippen molar-refractivity contribution in [1.29, 1.82) is 0 Å². The molecule has 0 aromatic heterocycles. The van der Waals surface area contributed by atoms with E-state index in [0.717, 1.165) is 44.1 Å². The molecule has 9 rings (SSSR count). The van der Waals surface area contributed by atoms with Crippen molar-refractivity contribution in [3.8, 4) is 22.6 Å². The fourth-order valence-corrected chi connectivity index (χ4v) is 8.76. The first-order valence-corrected chi connectivity index (χ1v) is 20.5. The number of fused-ring (bicyclic) bond motifs is 9. The molecular formula is C53H44O8. The Morgan fingerprint density at radius 2 is 1.10 bits per heavy atom. The van der Waals surface area contributed by atoms with Gasteiger partial charge in [0.1, 0.15) is 50.1 Å². The van der Waals surface area contributed by atoms with Crippen molar-refractivity contribution >= 4 is 55.0 Å². The number of carbonyl (C=O) groups excluding carboxylic acids is 2. The molecule has 0 spiro atoms. The number of aliphatic hydroxyl groups is 2. The van der Waals surface area contributed by atoms with Crippen molar-refractivity contribution in [2.75, 3.05) is 26.4 Å². The van der Waals surface area contributed by atoms with Crippen LogP contribution in [0, 0.1) is 0 Å². The number of benzene rings is 8. The SMILES string of the molecule is C=CC(=O)OCC(O)COc1ccc2cc(C3(c4ccc5cc(OCC(O)COC(=O)CC)ccc5c4)c4ccc5ccccc5c4-c4ccc5ccccc5c43)ccc2c1. The zero-order valence-electron chi connectivity index (χ0n) is 33.7. The van der Waals surface area contributed by atoms with E-state index in [0.29, 0.717) is 11.5 Å². The van der Waals surface area contributed by atoms with Gasteiger partial charge >= 0.3 is 11.9 Å². The van der Waals surface area contributed by atoms with Crippen LogP contribution < -0.4 is 9.47 Å². The highest BCUT2D eigenvalue weighted by atomic mass is 16.6. The Labute approximate surface area is 353 Å². The van der Waals surface area contributed by atoms with Crippen LogP contribution in [-0.4, -0.2) is 60.8 Å². The number of carbonyl (C=O) groups is 2. The molecule has 1 aliphatic rings. The van der Waals surface area contributed by atoms with Crippen molar-refractivity contribution in [1.82, 2.24) is 0 Å². The summed E-state index contributed by atoms with van der Waals surface area (Å²) in [5.74, 6) is 0.228. The lowest BCUT2D eigenvalue weighted by Gasteiger charge is -2.35. The summed E-state index contributed by atoms with van der Waals surface area (Å²) in [7, 11) is 0. The first-order chi connectivity index (χ1) is 29.8. The molecule has 1 aliphatic carbocycles. The summed E-state index contributed by atoms with van der Waals surface area (Å²) in [4.78, 5) is 23.0. The number of hydrogen-bond donors (Lipinski definition) is 2. The highest BCUT2D eigenvalue weighted by Gasteiger charge is 2.48. The van der Waals surface area contributed by atoms with E-state index in [1.54, 1.807) is 6.92 Å². The van der Waals surface area contributed by atoms with Gasteiger partial charge in [-0.1, -0.05) is 123 Å². The second kappa shape index (κ2) is 16.6. The quantitative estimate of drug-likeness (QED) is 0.0826. The van der Waals surface area contributed by atoms with E-state index >= 15 is 0 Å². The van der Waals surface area contributed by atoms with Crippen molar-refractivity contribution in [2.24, 2.45) is 0 Å². The molecule has 8 heteroatoms. The van der Waals surface area contributed by atoms with Crippen molar-refractivity contribution in [2.45, 2.75) is 31.0 Å². The summed E-state index contributed by atoms with van der Waals surface area (Å²) < 4.78 is 22.0. The first kappa shape index (κ1) is 39.5. The number of rotatable bonds is 14. The molecule has 3 unspecified atom stereocenters. The Bertz CT molecular complexity index is 2990. The second-order valence-electron chi connectivity index (χ2n) is 15.4. The minimum Gasteiger partial charge on any atom is -0.491 e. The number of aliphatic hydroxyl groups excluding tert-OH is 2. The molecule has 0 saturated carbocycles. The van der Waals surface area contributed by atoms with Crippen LogP contribution in [0.4, 0.5) is 0 Å². The molecule has 2 N–H and O–H groups in total. The maximum Gasteiger partial charge on any atom is 0.330 e. The van der Waals surface area contributed by atoms with Crippen molar-refractivity contribution in [3.05, 3.63) is 181 Å². The molecule has 8 aromatic carbocycles. The zero-order valence-corrected chi connectivity index (χ0v) is 33.7. The molecule has 0 fully saturated rings. The van der Waals surface area contributed by atoms with E-state index in [-0.39, 0.29) is 38.8 Å². The zero-order chi connectivity index (χ0) is 42.1. The summed E-state index contributed by atoms with van der Waals surface area (Å²) in [6.45, 7) is 4.73. The largest absolute Gasteiger partial charge is 0.491 e. The van der Waals surface area contributed by atoms with Crippen LogP contribution in [0.3, 0.4) is 0 Å². The van der Waals surface area contributed by atoms with E-state index in [1.807, 2.05) is 36.4 Å². The van der Waals surface area contributed by atoms with Crippen LogP contribution in [0.2, 0.25) is 0 Å². The van der Waals surface area contributed by atoms with Gasteiger partial charge in [-0.25, -0.2) is 4.79 Å². The average Bonchev–Trinajstić information content (AvgIpc) is 3.62. The number of esters is 2. The van der Waals surface area contributed by atoms with E-state index in [9.17, 15) is 19.8 Å². The lowest BCUT2D eigenvalue weighted by Crippen LogP contribution is -2.29. The molecule has 3 atom stereocenters. The van der Waals surface area contributed by atoms with Crippen molar-refractivity contribution < 1.29 is 38.7 Å². The van der Waals surface area contributed by atoms with Gasteiger partial charge in [-0.05, 0) is 113 Å². The molecule has 0 radical (unpaired) electrons. The van der Waals surface area contributed by atoms with Crippen LogP contribution in [0.25, 0.3) is 54.2 Å². The second-order valence-corrected chi connectivity index (χ2v) is 15.4. The minimum absolute atomic E-state index is 0.0109. The van der Waals surface area contributed by atoms with Gasteiger partial charge in [-0.15, -0.1) is 0 Å². The normalized spacial score (nSPS) is 15.3. The Morgan fingerprint density at radius 3 is 1.70 bits per heavy atom. The monoisotopic (exact) mass is 808 g/mol. The smallest absolute Gasteiger partial charge is 0.330 e.